The lowest BCUT2D eigenvalue weighted by atomic mass is 9.94. The molecule has 7 heteroatoms. The van der Waals surface area contributed by atoms with Gasteiger partial charge in [-0.05, 0) is 6.92 Å². The number of ketones is 1. The lowest BCUT2D eigenvalue weighted by Crippen LogP contribution is -2.48. The molecule has 0 aromatic heterocycles. The number of Topliss-reactive ketones (excluding diaryl/α,β-unsaturated/α-hetero) is 1. The third-order valence-electron chi connectivity index (χ3n) is 2.40. The summed E-state index contributed by atoms with van der Waals surface area (Å²) in [4.78, 5) is 23.2. The van der Waals surface area contributed by atoms with Crippen LogP contribution in [0.3, 0.4) is 0 Å². The van der Waals surface area contributed by atoms with E-state index in [1.807, 2.05) is 0 Å². The fourth-order valence-electron chi connectivity index (χ4n) is 1.51. The summed E-state index contributed by atoms with van der Waals surface area (Å²) < 4.78 is 4.42. The molecule has 0 amide bonds. The first-order chi connectivity index (χ1) is 7.82. The van der Waals surface area contributed by atoms with Crippen LogP contribution < -0.4 is 0 Å². The smallest absolute Gasteiger partial charge is 0.344 e. The van der Waals surface area contributed by atoms with E-state index in [4.69, 9.17) is 34.8 Å². The van der Waals surface area contributed by atoms with Crippen molar-refractivity contribution in [2.24, 2.45) is 0 Å². The molecule has 1 aliphatic rings. The number of alkyl halides is 1. The Hall–Kier alpha value is -0.550. The molecular weight excluding hydrogens is 290 g/mol. The van der Waals surface area contributed by atoms with Crippen LogP contribution in [-0.4, -0.2) is 34.9 Å². The highest BCUT2D eigenvalue weighted by molar-refractivity contribution is 6.53. The second kappa shape index (κ2) is 4.98. The minimum absolute atomic E-state index is 0.0283. The predicted octanol–water partition coefficient (Wildman–Crippen LogP) is 1.72. The van der Waals surface area contributed by atoms with Gasteiger partial charge >= 0.3 is 5.97 Å². The average Bonchev–Trinajstić information content (AvgIpc) is 2.50. The van der Waals surface area contributed by atoms with Gasteiger partial charge in [0.2, 0.25) is 5.60 Å². The molecule has 0 heterocycles. The number of aliphatic hydroxyl groups is 1. The van der Waals surface area contributed by atoms with E-state index in [0.29, 0.717) is 0 Å². The zero-order valence-electron chi connectivity index (χ0n) is 8.96. The number of hydrogen-bond acceptors (Lipinski definition) is 4. The zero-order chi connectivity index (χ0) is 13.4. The molecular formula is C10H9Cl3O4. The summed E-state index contributed by atoms with van der Waals surface area (Å²) >= 11 is 17.3. The van der Waals surface area contributed by atoms with E-state index in [-0.39, 0.29) is 15.6 Å². The van der Waals surface area contributed by atoms with Gasteiger partial charge in [0.05, 0.1) is 12.1 Å². The van der Waals surface area contributed by atoms with E-state index in [1.165, 1.54) is 6.08 Å². The van der Waals surface area contributed by atoms with Gasteiger partial charge < -0.3 is 9.84 Å². The number of carbonyl (C=O) groups is 2. The van der Waals surface area contributed by atoms with Gasteiger partial charge in [0.15, 0.2) is 5.78 Å². The Morgan fingerprint density at radius 3 is 2.53 bits per heavy atom. The van der Waals surface area contributed by atoms with E-state index >= 15 is 0 Å². The van der Waals surface area contributed by atoms with Crippen molar-refractivity contribution in [3.05, 3.63) is 21.7 Å². The molecule has 17 heavy (non-hydrogen) atoms. The third-order valence-corrected chi connectivity index (χ3v) is 3.70. The average molecular weight is 300 g/mol. The largest absolute Gasteiger partial charge is 0.467 e. The summed E-state index contributed by atoms with van der Waals surface area (Å²) in [7, 11) is 1.06. The van der Waals surface area contributed by atoms with E-state index < -0.39 is 22.7 Å². The fraction of sp³-hybridized carbons (Fsp3) is 0.400. The van der Waals surface area contributed by atoms with Crippen molar-refractivity contribution < 1.29 is 19.4 Å². The number of carbonyl (C=O) groups excluding carboxylic acids is 2. The number of ether oxygens (including phenoxy) is 1. The van der Waals surface area contributed by atoms with Crippen molar-refractivity contribution >= 4 is 46.6 Å². The molecule has 0 aromatic carbocycles. The molecule has 1 rings (SSSR count). The van der Waals surface area contributed by atoms with Crippen LogP contribution in [0.5, 0.6) is 0 Å². The maximum Gasteiger partial charge on any atom is 0.344 e. The summed E-state index contributed by atoms with van der Waals surface area (Å²) in [6.45, 7) is 1.56. The molecule has 0 fully saturated rings. The molecule has 1 aliphatic carbocycles. The highest BCUT2D eigenvalue weighted by atomic mass is 35.5. The molecule has 0 radical (unpaired) electrons. The molecule has 4 nitrogen and oxygen atoms in total. The number of halogens is 3. The third kappa shape index (κ3) is 1.99. The quantitative estimate of drug-likeness (QED) is 0.623. The second-order valence-electron chi connectivity index (χ2n) is 3.31. The Morgan fingerprint density at radius 2 is 2.12 bits per heavy atom. The van der Waals surface area contributed by atoms with Gasteiger partial charge in [-0.15, -0.1) is 11.6 Å². The molecule has 1 N–H and O–H groups in total. The van der Waals surface area contributed by atoms with Crippen LogP contribution in [0.15, 0.2) is 21.7 Å². The molecule has 0 saturated heterocycles. The van der Waals surface area contributed by atoms with Crippen LogP contribution in [0, 0.1) is 0 Å². The Bertz CT molecular complexity index is 441. The monoisotopic (exact) mass is 298 g/mol. The van der Waals surface area contributed by atoms with Gasteiger partial charge in [0, 0.05) is 10.6 Å². The topological polar surface area (TPSA) is 63.6 Å². The van der Waals surface area contributed by atoms with Crippen LogP contribution in [0.25, 0.3) is 0 Å². The maximum atomic E-state index is 11.6. The summed E-state index contributed by atoms with van der Waals surface area (Å²) in [5.41, 5.74) is -2.58. The van der Waals surface area contributed by atoms with Crippen molar-refractivity contribution in [3.63, 3.8) is 0 Å². The van der Waals surface area contributed by atoms with Gasteiger partial charge in [-0.2, -0.15) is 0 Å². The number of hydrogen-bond donors (Lipinski definition) is 1. The van der Waals surface area contributed by atoms with Crippen LogP contribution >= 0.6 is 34.8 Å². The summed E-state index contributed by atoms with van der Waals surface area (Å²) in [6.07, 6.45) is 1.38. The van der Waals surface area contributed by atoms with Gasteiger partial charge in [-0.3, -0.25) is 4.79 Å². The minimum Gasteiger partial charge on any atom is -0.467 e. The lowest BCUT2D eigenvalue weighted by molar-refractivity contribution is -0.158. The SMILES string of the molecule is C/C=C(/Cl)C1=C(Cl)C(=O)[C@H](Cl)[C@]1(O)C(=O)OC. The van der Waals surface area contributed by atoms with Gasteiger partial charge in [-0.1, -0.05) is 29.3 Å². The van der Waals surface area contributed by atoms with Gasteiger partial charge in [-0.25, -0.2) is 4.79 Å². The number of esters is 1. The zero-order valence-corrected chi connectivity index (χ0v) is 11.2. The molecule has 2 atom stereocenters. The first-order valence-corrected chi connectivity index (χ1v) is 5.73. The van der Waals surface area contributed by atoms with Crippen molar-refractivity contribution in [1.82, 2.24) is 0 Å². The van der Waals surface area contributed by atoms with E-state index in [9.17, 15) is 14.7 Å². The number of allylic oxidation sites excluding steroid dienone is 2. The van der Waals surface area contributed by atoms with Gasteiger partial charge in [0.1, 0.15) is 5.38 Å². The number of rotatable bonds is 2. The first kappa shape index (κ1) is 14.5. The molecule has 0 aromatic rings. The Kier molecular flexibility index (Phi) is 4.25. The molecule has 0 bridgehead atoms. The first-order valence-electron chi connectivity index (χ1n) is 4.53. The second-order valence-corrected chi connectivity index (χ2v) is 4.53. The minimum atomic E-state index is -2.35. The maximum absolute atomic E-state index is 11.6. The Morgan fingerprint density at radius 1 is 1.59 bits per heavy atom. The van der Waals surface area contributed by atoms with Crippen LogP contribution in [0.2, 0.25) is 0 Å². The molecule has 0 unspecified atom stereocenters. The normalized spacial score (nSPS) is 29.9. The molecule has 94 valence electrons. The van der Waals surface area contributed by atoms with Crippen LogP contribution in [-0.2, 0) is 14.3 Å². The van der Waals surface area contributed by atoms with Crippen molar-refractivity contribution in [2.75, 3.05) is 7.11 Å². The Labute approximate surface area is 113 Å². The lowest BCUT2D eigenvalue weighted by Gasteiger charge is -2.25. The predicted molar refractivity (Wildman–Crippen MR) is 64.1 cm³/mol. The molecule has 0 aliphatic heterocycles. The standard InChI is InChI=1S/C10H9Cl3O4/c1-3-4(11)5-6(12)7(14)8(13)10(5,16)9(15)17-2/h3,8,16H,1-2H3/b4-3+/t8-,10-/m0/s1. The Balaban J connectivity index is 3.48. The summed E-state index contributed by atoms with van der Waals surface area (Å²) in [6, 6.07) is 0. The number of methoxy groups -OCH3 is 1. The summed E-state index contributed by atoms with van der Waals surface area (Å²) in [5.74, 6) is -1.85. The summed E-state index contributed by atoms with van der Waals surface area (Å²) in [5, 5.41) is 8.30. The van der Waals surface area contributed by atoms with Crippen molar-refractivity contribution in [1.29, 1.82) is 0 Å². The van der Waals surface area contributed by atoms with E-state index in [2.05, 4.69) is 4.74 Å². The molecule has 0 saturated carbocycles. The van der Waals surface area contributed by atoms with Crippen molar-refractivity contribution in [2.45, 2.75) is 17.9 Å². The van der Waals surface area contributed by atoms with E-state index in [1.54, 1.807) is 6.92 Å². The van der Waals surface area contributed by atoms with Crippen LogP contribution in [0.1, 0.15) is 6.92 Å². The highest BCUT2D eigenvalue weighted by Gasteiger charge is 2.58. The van der Waals surface area contributed by atoms with Crippen LogP contribution in [0.4, 0.5) is 0 Å². The van der Waals surface area contributed by atoms with E-state index in [0.717, 1.165) is 7.11 Å². The fourth-order valence-corrected chi connectivity index (χ4v) is 2.52. The highest BCUT2D eigenvalue weighted by Crippen LogP contribution is 2.44. The van der Waals surface area contributed by atoms with Gasteiger partial charge in [0.25, 0.3) is 0 Å². The van der Waals surface area contributed by atoms with Crippen molar-refractivity contribution in [3.8, 4) is 0 Å². The molecule has 0 spiro atoms.